The highest BCUT2D eigenvalue weighted by atomic mass is 35.5. The predicted molar refractivity (Wildman–Crippen MR) is 139 cm³/mol. The molecule has 2 atom stereocenters. The third-order valence-electron chi connectivity index (χ3n) is 5.97. The molecule has 1 aliphatic rings. The summed E-state index contributed by atoms with van der Waals surface area (Å²) < 4.78 is 17.0. The average Bonchev–Trinajstić information content (AvgIpc) is 3.17. The molecule has 0 bridgehead atoms. The van der Waals surface area contributed by atoms with Gasteiger partial charge in [-0.15, -0.1) is 0 Å². The van der Waals surface area contributed by atoms with Crippen LogP contribution in [-0.4, -0.2) is 54.1 Å². The minimum atomic E-state index is 0.162. The number of benzene rings is 1. The second kappa shape index (κ2) is 11.6. The Labute approximate surface area is 215 Å². The number of ether oxygens (including phenoxy) is 2. The van der Waals surface area contributed by atoms with Gasteiger partial charge in [0.25, 0.3) is 0 Å². The Morgan fingerprint density at radius 2 is 2.03 bits per heavy atom. The van der Waals surface area contributed by atoms with Gasteiger partial charge in [0.2, 0.25) is 0 Å². The minimum absolute atomic E-state index is 0.162. The molecule has 2 N–H and O–H groups in total. The first-order valence-corrected chi connectivity index (χ1v) is 12.6. The van der Waals surface area contributed by atoms with Gasteiger partial charge in [0, 0.05) is 18.2 Å². The highest BCUT2D eigenvalue weighted by Gasteiger charge is 2.25. The number of halogens is 2. The second-order valence-corrected chi connectivity index (χ2v) is 9.54. The summed E-state index contributed by atoms with van der Waals surface area (Å²) in [5, 5.41) is 11.7. The Balaban J connectivity index is 1.76. The Kier molecular flexibility index (Phi) is 8.49. The molecule has 2 unspecified atom stereocenters. The molecule has 1 fully saturated rings. The van der Waals surface area contributed by atoms with Gasteiger partial charge in [0.1, 0.15) is 28.0 Å². The highest BCUT2D eigenvalue weighted by Crippen LogP contribution is 2.39. The Bertz CT molecular complexity index is 1150. The van der Waals surface area contributed by atoms with Gasteiger partial charge in [0.15, 0.2) is 5.82 Å². The molecule has 0 saturated carbocycles. The maximum absolute atomic E-state index is 6.88. The van der Waals surface area contributed by atoms with Crippen molar-refractivity contribution in [3.05, 3.63) is 39.7 Å². The molecule has 0 aliphatic carbocycles. The molecule has 4 rings (SSSR count). The molecular formula is C25H31Cl2N5O3. The van der Waals surface area contributed by atoms with Crippen LogP contribution in [0, 0.1) is 13.8 Å². The molecule has 1 aliphatic heterocycles. The van der Waals surface area contributed by atoms with E-state index in [4.69, 9.17) is 47.2 Å². The molecule has 1 aromatic carbocycles. The number of aromatic nitrogens is 3. The fourth-order valence-electron chi connectivity index (χ4n) is 4.18. The molecule has 1 saturated heterocycles. The smallest absolute Gasteiger partial charge is 0.163 e. The number of hydrogen-bond donors (Lipinski definition) is 2. The van der Waals surface area contributed by atoms with Gasteiger partial charge in [-0.25, -0.2) is 9.97 Å². The number of nitrogens with one attached hydrogen (secondary N) is 2. The van der Waals surface area contributed by atoms with Crippen LogP contribution in [0.4, 0.5) is 5.82 Å². The fraction of sp³-hybridized carbons (Fsp3) is 0.480. The summed E-state index contributed by atoms with van der Waals surface area (Å²) in [5.74, 6) is 2.32. The van der Waals surface area contributed by atoms with E-state index >= 15 is 0 Å². The molecule has 8 nitrogen and oxygen atoms in total. The normalized spacial score (nSPS) is 18.0. The first kappa shape index (κ1) is 25.7. The topological polar surface area (TPSA) is 94.3 Å². The second-order valence-electron chi connectivity index (χ2n) is 8.75. The van der Waals surface area contributed by atoms with Crippen LogP contribution in [0.15, 0.2) is 22.7 Å². The van der Waals surface area contributed by atoms with Crippen LogP contribution in [0.2, 0.25) is 10.0 Å². The van der Waals surface area contributed by atoms with Crippen LogP contribution in [0.25, 0.3) is 22.6 Å². The first-order chi connectivity index (χ1) is 16.9. The van der Waals surface area contributed by atoms with Crippen LogP contribution >= 0.6 is 23.2 Å². The molecule has 0 amide bonds. The van der Waals surface area contributed by atoms with Gasteiger partial charge in [-0.3, -0.25) is 0 Å². The Hall–Kier alpha value is -2.39. The van der Waals surface area contributed by atoms with Crippen LogP contribution in [0.5, 0.6) is 5.75 Å². The van der Waals surface area contributed by atoms with Crippen molar-refractivity contribution in [1.29, 1.82) is 0 Å². The summed E-state index contributed by atoms with van der Waals surface area (Å²) >= 11 is 13.5. The summed E-state index contributed by atoms with van der Waals surface area (Å²) in [5.41, 5.74) is 2.66. The number of hydrogen-bond acceptors (Lipinski definition) is 8. The van der Waals surface area contributed by atoms with Gasteiger partial charge < -0.3 is 24.6 Å². The number of rotatable bonds is 9. The van der Waals surface area contributed by atoms with Crippen LogP contribution in [-0.2, 0) is 4.74 Å². The molecular weight excluding hydrogens is 489 g/mol. The highest BCUT2D eigenvalue weighted by molar-refractivity contribution is 6.35. The maximum Gasteiger partial charge on any atom is 0.163 e. The van der Waals surface area contributed by atoms with Gasteiger partial charge in [-0.2, -0.15) is 0 Å². The van der Waals surface area contributed by atoms with E-state index in [9.17, 15) is 0 Å². The zero-order valence-corrected chi connectivity index (χ0v) is 22.0. The number of nitrogens with zero attached hydrogens (tertiary/aromatic N) is 3. The Morgan fingerprint density at radius 3 is 2.74 bits per heavy atom. The van der Waals surface area contributed by atoms with E-state index < -0.39 is 0 Å². The van der Waals surface area contributed by atoms with E-state index in [1.54, 1.807) is 6.07 Å². The lowest BCUT2D eigenvalue weighted by molar-refractivity contribution is 0.0232. The standard InChI is InChI=1S/C25H31Cl2N5O3/c1-14-12-17(8-11-33-14)29-25-22(27)23(21-15(2)32-35-16(21)3)30-24(31-25)19-13-18(6-7-20(19)26)34-10-5-9-28-4/h6-7,13-14,17,28H,5,8-12H2,1-4H3,(H,29,30,31). The van der Waals surface area contributed by atoms with Crippen molar-refractivity contribution in [1.82, 2.24) is 20.4 Å². The molecule has 3 aromatic rings. The molecule has 10 heteroatoms. The van der Waals surface area contributed by atoms with Crippen molar-refractivity contribution in [2.24, 2.45) is 0 Å². The Morgan fingerprint density at radius 1 is 1.20 bits per heavy atom. The largest absolute Gasteiger partial charge is 0.494 e. The summed E-state index contributed by atoms with van der Waals surface area (Å²) in [7, 11) is 1.92. The molecule has 2 aromatic heterocycles. The van der Waals surface area contributed by atoms with Crippen molar-refractivity contribution < 1.29 is 14.0 Å². The lowest BCUT2D eigenvalue weighted by Gasteiger charge is -2.29. The van der Waals surface area contributed by atoms with Gasteiger partial charge >= 0.3 is 0 Å². The summed E-state index contributed by atoms with van der Waals surface area (Å²) in [6.07, 6.45) is 2.76. The number of anilines is 1. The van der Waals surface area contributed by atoms with E-state index in [1.165, 1.54) is 0 Å². The third-order valence-corrected chi connectivity index (χ3v) is 6.65. The molecule has 188 valence electrons. The zero-order chi connectivity index (χ0) is 24.9. The number of aryl methyl sites for hydroxylation is 2. The van der Waals surface area contributed by atoms with Gasteiger partial charge in [-0.05, 0) is 71.8 Å². The van der Waals surface area contributed by atoms with E-state index in [-0.39, 0.29) is 12.1 Å². The van der Waals surface area contributed by atoms with E-state index in [0.29, 0.717) is 63.4 Å². The zero-order valence-electron chi connectivity index (χ0n) is 20.5. The summed E-state index contributed by atoms with van der Waals surface area (Å²) in [6, 6.07) is 5.68. The lowest BCUT2D eigenvalue weighted by atomic mass is 10.0. The molecule has 0 spiro atoms. The quantitative estimate of drug-likeness (QED) is 0.348. The van der Waals surface area contributed by atoms with Crippen molar-refractivity contribution in [3.8, 4) is 28.4 Å². The van der Waals surface area contributed by atoms with Crippen molar-refractivity contribution in [2.75, 3.05) is 32.1 Å². The minimum Gasteiger partial charge on any atom is -0.494 e. The summed E-state index contributed by atoms with van der Waals surface area (Å²) in [6.45, 7) is 7.92. The fourth-order valence-corrected chi connectivity index (χ4v) is 4.61. The first-order valence-electron chi connectivity index (χ1n) is 11.8. The van der Waals surface area contributed by atoms with Crippen LogP contribution in [0.3, 0.4) is 0 Å². The van der Waals surface area contributed by atoms with Gasteiger partial charge in [0.05, 0.1) is 29.0 Å². The van der Waals surface area contributed by atoms with Crippen molar-refractivity contribution in [2.45, 2.75) is 52.2 Å². The third kappa shape index (κ3) is 6.06. The maximum atomic E-state index is 6.88. The van der Waals surface area contributed by atoms with Crippen molar-refractivity contribution >= 4 is 29.0 Å². The predicted octanol–water partition coefficient (Wildman–Crippen LogP) is 5.69. The lowest BCUT2D eigenvalue weighted by Crippen LogP contribution is -2.33. The van der Waals surface area contributed by atoms with E-state index in [2.05, 4.69) is 22.7 Å². The van der Waals surface area contributed by atoms with Crippen LogP contribution in [0.1, 0.15) is 37.6 Å². The van der Waals surface area contributed by atoms with E-state index in [1.807, 2.05) is 33.0 Å². The van der Waals surface area contributed by atoms with Gasteiger partial charge in [-0.1, -0.05) is 28.4 Å². The van der Waals surface area contributed by atoms with Crippen LogP contribution < -0.4 is 15.4 Å². The molecule has 35 heavy (non-hydrogen) atoms. The monoisotopic (exact) mass is 519 g/mol. The summed E-state index contributed by atoms with van der Waals surface area (Å²) in [4.78, 5) is 9.64. The molecule has 0 radical (unpaired) electrons. The van der Waals surface area contributed by atoms with E-state index in [0.717, 1.165) is 31.4 Å². The molecule has 3 heterocycles. The average molecular weight is 520 g/mol. The SMILES string of the molecule is CNCCCOc1ccc(Cl)c(-c2nc(NC3CCOC(C)C3)c(Cl)c(-c3c(C)noc3C)n2)c1. The van der Waals surface area contributed by atoms with Crippen molar-refractivity contribution in [3.63, 3.8) is 0 Å².